The molecule has 0 spiro atoms. The van der Waals surface area contributed by atoms with E-state index in [1.54, 1.807) is 35.2 Å². The fraction of sp³-hybridized carbons (Fsp3) is 0.263. The van der Waals surface area contributed by atoms with Gasteiger partial charge in [-0.25, -0.2) is 0 Å². The van der Waals surface area contributed by atoms with Gasteiger partial charge >= 0.3 is 0 Å². The fourth-order valence-electron chi connectivity index (χ4n) is 2.95. The molecule has 2 aromatic rings. The number of amides is 2. The molecule has 0 unspecified atom stereocenters. The molecular formula is C19H19BrN2O3. The van der Waals surface area contributed by atoms with Gasteiger partial charge in [0.25, 0.3) is 11.8 Å². The van der Waals surface area contributed by atoms with Crippen LogP contribution < -0.4 is 5.32 Å². The third-order valence-corrected chi connectivity index (χ3v) is 4.83. The van der Waals surface area contributed by atoms with E-state index in [1.165, 1.54) is 6.07 Å². The van der Waals surface area contributed by atoms with E-state index in [0.717, 1.165) is 4.47 Å². The van der Waals surface area contributed by atoms with E-state index >= 15 is 0 Å². The molecule has 3 rings (SSSR count). The minimum absolute atomic E-state index is 0.00224. The van der Waals surface area contributed by atoms with Crippen LogP contribution in [0.1, 0.15) is 33.6 Å². The first-order valence-electron chi connectivity index (χ1n) is 8.18. The Balaban J connectivity index is 1.56. The second-order valence-corrected chi connectivity index (χ2v) is 6.98. The maximum Gasteiger partial charge on any atom is 0.257 e. The molecule has 6 heteroatoms. The molecule has 0 aromatic heterocycles. The Morgan fingerprint density at radius 2 is 1.80 bits per heavy atom. The molecule has 0 atom stereocenters. The van der Waals surface area contributed by atoms with E-state index in [-0.39, 0.29) is 23.6 Å². The van der Waals surface area contributed by atoms with Gasteiger partial charge < -0.3 is 15.3 Å². The Morgan fingerprint density at radius 1 is 1.08 bits per heavy atom. The van der Waals surface area contributed by atoms with Crippen molar-refractivity contribution < 1.29 is 14.7 Å². The first kappa shape index (κ1) is 17.5. The fourth-order valence-corrected chi connectivity index (χ4v) is 3.35. The summed E-state index contributed by atoms with van der Waals surface area (Å²) >= 11 is 3.36. The van der Waals surface area contributed by atoms with E-state index in [9.17, 15) is 14.7 Å². The number of para-hydroxylation sites is 1. The number of halogens is 1. The number of nitrogens with zero attached hydrogens (tertiary/aromatic N) is 1. The summed E-state index contributed by atoms with van der Waals surface area (Å²) in [7, 11) is 0. The van der Waals surface area contributed by atoms with E-state index in [4.69, 9.17) is 0 Å². The number of likely N-dealkylation sites (tertiary alicyclic amines) is 1. The van der Waals surface area contributed by atoms with Crippen molar-refractivity contribution in [2.45, 2.75) is 18.9 Å². The van der Waals surface area contributed by atoms with Crippen LogP contribution in [0, 0.1) is 0 Å². The molecule has 0 bridgehead atoms. The summed E-state index contributed by atoms with van der Waals surface area (Å²) in [5, 5.41) is 12.8. The number of phenolic OH excluding ortho intramolecular Hbond substituents is 1. The zero-order chi connectivity index (χ0) is 17.8. The van der Waals surface area contributed by atoms with Gasteiger partial charge in [0.15, 0.2) is 0 Å². The molecule has 0 radical (unpaired) electrons. The summed E-state index contributed by atoms with van der Waals surface area (Å²) in [5.74, 6) is -0.278. The topological polar surface area (TPSA) is 69.6 Å². The number of hydrogen-bond donors (Lipinski definition) is 2. The van der Waals surface area contributed by atoms with Crippen LogP contribution in [0.25, 0.3) is 0 Å². The number of nitrogens with one attached hydrogen (secondary N) is 1. The van der Waals surface area contributed by atoms with Crippen LogP contribution in [-0.2, 0) is 0 Å². The molecule has 130 valence electrons. The molecule has 25 heavy (non-hydrogen) atoms. The number of carbonyl (C=O) groups is 2. The van der Waals surface area contributed by atoms with Crippen LogP contribution in [0.4, 0.5) is 0 Å². The maximum absolute atomic E-state index is 12.5. The Hall–Kier alpha value is -2.34. The second kappa shape index (κ2) is 7.70. The largest absolute Gasteiger partial charge is 0.507 e. The summed E-state index contributed by atoms with van der Waals surface area (Å²) in [6, 6.07) is 13.9. The van der Waals surface area contributed by atoms with Gasteiger partial charge in [-0.3, -0.25) is 9.59 Å². The summed E-state index contributed by atoms with van der Waals surface area (Å²) in [6.07, 6.45) is 1.39. The molecule has 1 fully saturated rings. The summed E-state index contributed by atoms with van der Waals surface area (Å²) in [5.41, 5.74) is 0.932. The molecule has 5 nitrogen and oxygen atoms in total. The Labute approximate surface area is 154 Å². The highest BCUT2D eigenvalue weighted by atomic mass is 79.9. The molecule has 1 aliphatic rings. The quantitative estimate of drug-likeness (QED) is 0.827. The van der Waals surface area contributed by atoms with Crippen molar-refractivity contribution in [2.24, 2.45) is 0 Å². The monoisotopic (exact) mass is 402 g/mol. The van der Waals surface area contributed by atoms with Crippen LogP contribution in [-0.4, -0.2) is 41.0 Å². The number of carbonyl (C=O) groups excluding carboxylic acids is 2. The van der Waals surface area contributed by atoms with Crippen molar-refractivity contribution in [1.82, 2.24) is 10.2 Å². The zero-order valence-corrected chi connectivity index (χ0v) is 15.2. The number of phenols is 1. The average molecular weight is 403 g/mol. The summed E-state index contributed by atoms with van der Waals surface area (Å²) in [4.78, 5) is 26.5. The van der Waals surface area contributed by atoms with Gasteiger partial charge in [-0.05, 0) is 43.2 Å². The highest BCUT2D eigenvalue weighted by Crippen LogP contribution is 2.21. The third kappa shape index (κ3) is 4.20. The van der Waals surface area contributed by atoms with Crippen molar-refractivity contribution in [2.75, 3.05) is 13.1 Å². The number of piperidine rings is 1. The van der Waals surface area contributed by atoms with Crippen molar-refractivity contribution in [1.29, 1.82) is 0 Å². The molecule has 0 aliphatic carbocycles. The number of benzene rings is 2. The van der Waals surface area contributed by atoms with Crippen LogP contribution in [0.2, 0.25) is 0 Å². The Kier molecular flexibility index (Phi) is 5.38. The molecule has 1 saturated heterocycles. The predicted molar refractivity (Wildman–Crippen MR) is 98.6 cm³/mol. The van der Waals surface area contributed by atoms with Crippen molar-refractivity contribution >= 4 is 27.7 Å². The first-order chi connectivity index (χ1) is 12.0. The minimum Gasteiger partial charge on any atom is -0.507 e. The van der Waals surface area contributed by atoms with Gasteiger partial charge in [0.1, 0.15) is 5.75 Å². The maximum atomic E-state index is 12.5. The SMILES string of the molecule is O=C(NC1CCN(C(=O)c2ccccc2O)CC1)c1cccc(Br)c1. The molecular weight excluding hydrogens is 384 g/mol. The van der Waals surface area contributed by atoms with Crippen LogP contribution in [0.3, 0.4) is 0 Å². The van der Waals surface area contributed by atoms with E-state index in [0.29, 0.717) is 37.1 Å². The van der Waals surface area contributed by atoms with Gasteiger partial charge in [0.05, 0.1) is 5.56 Å². The lowest BCUT2D eigenvalue weighted by Gasteiger charge is -2.32. The molecule has 0 saturated carbocycles. The standard InChI is InChI=1S/C19H19BrN2O3/c20-14-5-3-4-13(12-14)18(24)21-15-8-10-22(11-9-15)19(25)16-6-1-2-7-17(16)23/h1-7,12,15,23H,8-11H2,(H,21,24). The van der Waals surface area contributed by atoms with Crippen LogP contribution in [0.15, 0.2) is 53.0 Å². The normalized spacial score (nSPS) is 15.0. The highest BCUT2D eigenvalue weighted by molar-refractivity contribution is 9.10. The lowest BCUT2D eigenvalue weighted by molar-refractivity contribution is 0.0695. The number of aromatic hydroxyl groups is 1. The lowest BCUT2D eigenvalue weighted by atomic mass is 10.0. The molecule has 2 N–H and O–H groups in total. The molecule has 1 heterocycles. The predicted octanol–water partition coefficient (Wildman–Crippen LogP) is 3.19. The van der Waals surface area contributed by atoms with Crippen LogP contribution >= 0.6 is 15.9 Å². The van der Waals surface area contributed by atoms with Gasteiger partial charge in [-0.1, -0.05) is 34.1 Å². The van der Waals surface area contributed by atoms with E-state index < -0.39 is 0 Å². The van der Waals surface area contributed by atoms with Crippen molar-refractivity contribution in [3.8, 4) is 5.75 Å². The highest BCUT2D eigenvalue weighted by Gasteiger charge is 2.26. The Morgan fingerprint density at radius 3 is 2.48 bits per heavy atom. The second-order valence-electron chi connectivity index (χ2n) is 6.07. The zero-order valence-electron chi connectivity index (χ0n) is 13.6. The molecule has 2 aromatic carbocycles. The lowest BCUT2D eigenvalue weighted by Crippen LogP contribution is -2.46. The van der Waals surface area contributed by atoms with Gasteiger partial charge in [0.2, 0.25) is 0 Å². The average Bonchev–Trinajstić information content (AvgIpc) is 2.62. The third-order valence-electron chi connectivity index (χ3n) is 4.34. The van der Waals surface area contributed by atoms with E-state index in [1.807, 2.05) is 12.1 Å². The van der Waals surface area contributed by atoms with Crippen molar-refractivity contribution in [3.63, 3.8) is 0 Å². The van der Waals surface area contributed by atoms with Crippen molar-refractivity contribution in [3.05, 3.63) is 64.1 Å². The van der Waals surface area contributed by atoms with Crippen LogP contribution in [0.5, 0.6) is 5.75 Å². The van der Waals surface area contributed by atoms with E-state index in [2.05, 4.69) is 21.2 Å². The smallest absolute Gasteiger partial charge is 0.257 e. The van der Waals surface area contributed by atoms with Gasteiger partial charge in [-0.2, -0.15) is 0 Å². The minimum atomic E-state index is -0.171. The number of hydrogen-bond acceptors (Lipinski definition) is 3. The molecule has 1 aliphatic heterocycles. The summed E-state index contributed by atoms with van der Waals surface area (Å²) in [6.45, 7) is 1.10. The number of rotatable bonds is 3. The van der Waals surface area contributed by atoms with Gasteiger partial charge in [0, 0.05) is 29.2 Å². The first-order valence-corrected chi connectivity index (χ1v) is 8.97. The summed E-state index contributed by atoms with van der Waals surface area (Å²) < 4.78 is 0.864. The molecule has 2 amide bonds. The van der Waals surface area contributed by atoms with Gasteiger partial charge in [-0.15, -0.1) is 0 Å². The Bertz CT molecular complexity index is 786.